The molecule has 0 atom stereocenters. The molecule has 8 nitrogen and oxygen atoms in total. The van der Waals surface area contributed by atoms with Crippen molar-refractivity contribution in [3.8, 4) is 33.8 Å². The highest BCUT2D eigenvalue weighted by Crippen LogP contribution is 2.35. The van der Waals surface area contributed by atoms with E-state index in [4.69, 9.17) is 0 Å². The fourth-order valence-corrected chi connectivity index (χ4v) is 4.99. The first-order valence-electron chi connectivity index (χ1n) is 13.0. The molecular weight excluding hydrogens is 517 g/mol. The highest BCUT2D eigenvalue weighted by atomic mass is 19.1. The zero-order chi connectivity index (χ0) is 27.8. The van der Waals surface area contributed by atoms with Crippen LogP contribution in [0.25, 0.3) is 55.6 Å². The molecule has 5 aromatic heterocycles. The number of H-pyrrole nitrogens is 2. The van der Waals surface area contributed by atoms with Crippen molar-refractivity contribution < 1.29 is 9.18 Å². The van der Waals surface area contributed by atoms with Crippen molar-refractivity contribution in [3.63, 3.8) is 0 Å². The van der Waals surface area contributed by atoms with Crippen LogP contribution in [-0.4, -0.2) is 36.0 Å². The van der Waals surface area contributed by atoms with E-state index in [0.717, 1.165) is 38.6 Å². The summed E-state index contributed by atoms with van der Waals surface area (Å²) in [6, 6.07) is 22.0. The predicted octanol–water partition coefficient (Wildman–Crippen LogP) is 6.55. The minimum absolute atomic E-state index is 0.126. The molecule has 2 aromatic carbocycles. The molecule has 7 rings (SSSR count). The van der Waals surface area contributed by atoms with Gasteiger partial charge in [0.25, 0.3) is 0 Å². The molecule has 0 unspecified atom stereocenters. The number of hydrogen-bond donors (Lipinski definition) is 3. The van der Waals surface area contributed by atoms with Gasteiger partial charge in [-0.3, -0.25) is 24.8 Å². The van der Waals surface area contributed by atoms with Crippen LogP contribution in [0.15, 0.2) is 104 Å². The topological polar surface area (TPSA) is 112 Å². The Morgan fingerprint density at radius 2 is 1.63 bits per heavy atom. The fourth-order valence-electron chi connectivity index (χ4n) is 4.99. The first kappa shape index (κ1) is 24.3. The summed E-state index contributed by atoms with van der Waals surface area (Å²) in [5.41, 5.74) is 7.11. The third-order valence-corrected chi connectivity index (χ3v) is 6.94. The first-order valence-corrected chi connectivity index (χ1v) is 13.0. The molecule has 0 saturated heterocycles. The summed E-state index contributed by atoms with van der Waals surface area (Å²) in [6.45, 7) is 0. The highest BCUT2D eigenvalue weighted by molar-refractivity contribution is 6.01. The number of carbonyl (C=O) groups excluding carboxylic acids is 1. The first-order chi connectivity index (χ1) is 20.1. The summed E-state index contributed by atoms with van der Waals surface area (Å²) >= 11 is 0. The lowest BCUT2D eigenvalue weighted by Gasteiger charge is -2.07. The van der Waals surface area contributed by atoms with Gasteiger partial charge in [-0.15, -0.1) is 0 Å². The largest absolute Gasteiger partial charge is 0.352 e. The lowest BCUT2D eigenvalue weighted by molar-refractivity contribution is -0.115. The molecule has 3 N–H and O–H groups in total. The van der Waals surface area contributed by atoms with E-state index in [2.05, 4.69) is 35.5 Å². The lowest BCUT2D eigenvalue weighted by Crippen LogP contribution is -2.14. The number of aromatic amines is 2. The van der Waals surface area contributed by atoms with Crippen LogP contribution >= 0.6 is 0 Å². The number of rotatable bonds is 6. The number of nitrogens with one attached hydrogen (secondary N) is 3. The molecule has 0 radical (unpaired) electrons. The standard InChI is InChI=1S/C32H22FN7O/c33-26-9-5-4-8-22(26)25-16-35-17-29-23(25)12-28(38-29)32-24-13-27(36-18-30(24)39-40-32)20-11-21(15-34-14-20)37-31(41)10-19-6-2-1-3-7-19/h1-9,11-18,38H,10H2,(H,37,41)(H,39,40). The van der Waals surface area contributed by atoms with Crippen molar-refractivity contribution >= 4 is 33.4 Å². The Hall–Kier alpha value is -5.70. The molecule has 0 fully saturated rings. The van der Waals surface area contributed by atoms with Crippen molar-refractivity contribution in [1.29, 1.82) is 0 Å². The van der Waals surface area contributed by atoms with Crippen LogP contribution in [0.3, 0.4) is 0 Å². The smallest absolute Gasteiger partial charge is 0.228 e. The normalized spacial score (nSPS) is 11.2. The Morgan fingerprint density at radius 1 is 0.805 bits per heavy atom. The number of benzene rings is 2. The van der Waals surface area contributed by atoms with Gasteiger partial charge >= 0.3 is 0 Å². The van der Waals surface area contributed by atoms with Gasteiger partial charge in [0.15, 0.2) is 0 Å². The Morgan fingerprint density at radius 3 is 2.51 bits per heavy atom. The number of nitrogens with zero attached hydrogens (tertiary/aromatic N) is 4. The minimum atomic E-state index is -0.308. The van der Waals surface area contributed by atoms with Gasteiger partial charge in [0.1, 0.15) is 11.5 Å². The number of hydrogen-bond acceptors (Lipinski definition) is 5. The number of anilines is 1. The Labute approximate surface area is 233 Å². The van der Waals surface area contributed by atoms with E-state index in [9.17, 15) is 9.18 Å². The minimum Gasteiger partial charge on any atom is -0.352 e. The molecule has 0 saturated carbocycles. The molecule has 0 aliphatic rings. The number of halogens is 1. The maximum atomic E-state index is 14.6. The third kappa shape index (κ3) is 4.70. The second-order valence-electron chi connectivity index (χ2n) is 9.67. The zero-order valence-electron chi connectivity index (χ0n) is 21.6. The predicted molar refractivity (Wildman–Crippen MR) is 156 cm³/mol. The van der Waals surface area contributed by atoms with E-state index in [1.807, 2.05) is 48.5 Å². The SMILES string of the molecule is O=C(Cc1ccccc1)Nc1cncc(-c2cc3c(-c4cc5c(-c6ccccc6F)cncc5[nH]4)n[nH]c3cn2)c1. The summed E-state index contributed by atoms with van der Waals surface area (Å²) in [5.74, 6) is -0.434. The summed E-state index contributed by atoms with van der Waals surface area (Å²) in [4.78, 5) is 29.2. The Kier molecular flexibility index (Phi) is 6.01. The van der Waals surface area contributed by atoms with E-state index in [1.54, 1.807) is 49.2 Å². The van der Waals surface area contributed by atoms with Crippen LogP contribution < -0.4 is 5.32 Å². The van der Waals surface area contributed by atoms with Crippen molar-refractivity contribution in [1.82, 2.24) is 30.1 Å². The molecule has 198 valence electrons. The second-order valence-corrected chi connectivity index (χ2v) is 9.67. The average molecular weight is 540 g/mol. The highest BCUT2D eigenvalue weighted by Gasteiger charge is 2.16. The average Bonchev–Trinajstić information content (AvgIpc) is 3.62. The van der Waals surface area contributed by atoms with Gasteiger partial charge in [0.05, 0.1) is 53.1 Å². The van der Waals surface area contributed by atoms with Gasteiger partial charge in [-0.2, -0.15) is 5.10 Å². The summed E-state index contributed by atoms with van der Waals surface area (Å²) < 4.78 is 14.6. The number of amides is 1. The molecule has 1 amide bonds. The van der Waals surface area contributed by atoms with Gasteiger partial charge in [-0.1, -0.05) is 48.5 Å². The Balaban J connectivity index is 1.22. The van der Waals surface area contributed by atoms with Crippen LogP contribution in [0.4, 0.5) is 10.1 Å². The van der Waals surface area contributed by atoms with Crippen molar-refractivity contribution in [2.75, 3.05) is 5.32 Å². The van der Waals surface area contributed by atoms with E-state index in [1.165, 1.54) is 6.07 Å². The van der Waals surface area contributed by atoms with E-state index in [-0.39, 0.29) is 18.1 Å². The van der Waals surface area contributed by atoms with Gasteiger partial charge in [-0.05, 0) is 29.8 Å². The van der Waals surface area contributed by atoms with Crippen LogP contribution in [0.5, 0.6) is 0 Å². The number of pyridine rings is 3. The molecule has 0 bridgehead atoms. The molecular formula is C32H22FN7O. The van der Waals surface area contributed by atoms with E-state index >= 15 is 0 Å². The van der Waals surface area contributed by atoms with Crippen molar-refractivity contribution in [2.45, 2.75) is 6.42 Å². The number of aromatic nitrogens is 6. The Bertz CT molecular complexity index is 2050. The zero-order valence-corrected chi connectivity index (χ0v) is 21.6. The van der Waals surface area contributed by atoms with Crippen LogP contribution in [0, 0.1) is 5.82 Å². The number of fused-ring (bicyclic) bond motifs is 2. The van der Waals surface area contributed by atoms with Crippen LogP contribution in [0.1, 0.15) is 5.56 Å². The molecule has 0 spiro atoms. The van der Waals surface area contributed by atoms with Crippen molar-refractivity contribution in [2.24, 2.45) is 0 Å². The molecule has 5 heterocycles. The monoisotopic (exact) mass is 539 g/mol. The molecule has 41 heavy (non-hydrogen) atoms. The van der Waals surface area contributed by atoms with Gasteiger partial charge in [-0.25, -0.2) is 4.39 Å². The van der Waals surface area contributed by atoms with E-state index < -0.39 is 0 Å². The lowest BCUT2D eigenvalue weighted by atomic mass is 10.0. The van der Waals surface area contributed by atoms with Gasteiger partial charge < -0.3 is 10.3 Å². The summed E-state index contributed by atoms with van der Waals surface area (Å²) in [7, 11) is 0. The van der Waals surface area contributed by atoms with E-state index in [0.29, 0.717) is 28.2 Å². The molecule has 7 aromatic rings. The third-order valence-electron chi connectivity index (χ3n) is 6.94. The van der Waals surface area contributed by atoms with Gasteiger partial charge in [0.2, 0.25) is 5.91 Å². The maximum Gasteiger partial charge on any atom is 0.228 e. The van der Waals surface area contributed by atoms with Gasteiger partial charge in [0, 0.05) is 39.9 Å². The maximum absolute atomic E-state index is 14.6. The summed E-state index contributed by atoms with van der Waals surface area (Å²) in [5, 5.41) is 12.2. The quantitative estimate of drug-likeness (QED) is 0.222. The fraction of sp³-hybridized carbons (Fsp3) is 0.0312. The van der Waals surface area contributed by atoms with Crippen molar-refractivity contribution in [3.05, 3.63) is 115 Å². The summed E-state index contributed by atoms with van der Waals surface area (Å²) in [6.07, 6.45) is 8.69. The van der Waals surface area contributed by atoms with Crippen LogP contribution in [-0.2, 0) is 11.2 Å². The molecule has 0 aliphatic heterocycles. The molecule has 9 heteroatoms. The second kappa shape index (κ2) is 10.1. The van der Waals surface area contributed by atoms with Crippen LogP contribution in [0.2, 0.25) is 0 Å². The molecule has 0 aliphatic carbocycles. The number of carbonyl (C=O) groups is 1.